The van der Waals surface area contributed by atoms with E-state index < -0.39 is 5.97 Å². The first kappa shape index (κ1) is 14.5. The largest absolute Gasteiger partial charge is 0.481 e. The molecule has 0 heterocycles. The van der Waals surface area contributed by atoms with E-state index in [-0.39, 0.29) is 23.5 Å². The molecule has 1 N–H and O–H groups in total. The lowest BCUT2D eigenvalue weighted by atomic mass is 9.70. The zero-order valence-corrected chi connectivity index (χ0v) is 11.1. The molecule has 0 saturated heterocycles. The van der Waals surface area contributed by atoms with Crippen LogP contribution in [0.5, 0.6) is 0 Å². The van der Waals surface area contributed by atoms with Crippen LogP contribution >= 0.6 is 11.6 Å². The fourth-order valence-electron chi connectivity index (χ4n) is 2.39. The Kier molecular flexibility index (Phi) is 5.96. The average molecular weight is 261 g/mol. The van der Waals surface area contributed by atoms with E-state index in [0.717, 1.165) is 38.5 Å². The van der Waals surface area contributed by atoms with Gasteiger partial charge in [0.1, 0.15) is 0 Å². The van der Waals surface area contributed by atoms with Crippen molar-refractivity contribution in [3.8, 4) is 0 Å². The Morgan fingerprint density at radius 1 is 1.24 bits per heavy atom. The first-order valence-corrected chi connectivity index (χ1v) is 6.87. The predicted molar refractivity (Wildman–Crippen MR) is 67.3 cm³/mol. The van der Waals surface area contributed by atoms with Crippen molar-refractivity contribution < 1.29 is 14.7 Å². The summed E-state index contributed by atoms with van der Waals surface area (Å²) < 4.78 is 0. The van der Waals surface area contributed by atoms with Gasteiger partial charge in [-0.2, -0.15) is 0 Å². The molecule has 98 valence electrons. The predicted octanol–water partition coefficient (Wildman–Crippen LogP) is 3.24. The first-order valence-electron chi connectivity index (χ1n) is 6.43. The number of hydrogen-bond donors (Lipinski definition) is 1. The van der Waals surface area contributed by atoms with E-state index in [1.165, 1.54) is 0 Å². The molecule has 0 aliphatic heterocycles. The van der Waals surface area contributed by atoms with Gasteiger partial charge in [-0.25, -0.2) is 0 Å². The van der Waals surface area contributed by atoms with E-state index in [2.05, 4.69) is 0 Å². The van der Waals surface area contributed by atoms with Crippen molar-refractivity contribution in [2.75, 3.05) is 0 Å². The van der Waals surface area contributed by atoms with Gasteiger partial charge in [-0.05, 0) is 18.8 Å². The van der Waals surface area contributed by atoms with Crippen LogP contribution in [0.25, 0.3) is 0 Å². The summed E-state index contributed by atoms with van der Waals surface area (Å²) in [6.45, 7) is 1.96. The highest BCUT2D eigenvalue weighted by Gasteiger charge is 2.44. The highest BCUT2D eigenvalue weighted by atomic mass is 35.5. The number of unbranched alkanes of at least 4 members (excludes halogenated alkanes) is 4. The minimum Gasteiger partial charge on any atom is -0.481 e. The summed E-state index contributed by atoms with van der Waals surface area (Å²) in [6.07, 6.45) is 6.34. The van der Waals surface area contributed by atoms with Crippen LogP contribution in [0.4, 0.5) is 0 Å². The lowest BCUT2D eigenvalue weighted by Gasteiger charge is -2.37. The summed E-state index contributed by atoms with van der Waals surface area (Å²) in [4.78, 5) is 21.5. The molecular weight excluding hydrogens is 240 g/mol. The molecule has 1 aliphatic rings. The van der Waals surface area contributed by atoms with E-state index >= 15 is 0 Å². The summed E-state index contributed by atoms with van der Waals surface area (Å²) in [6, 6.07) is 0. The van der Waals surface area contributed by atoms with Crippen molar-refractivity contribution >= 4 is 23.4 Å². The van der Waals surface area contributed by atoms with Gasteiger partial charge in [-0.3, -0.25) is 9.59 Å². The number of ketones is 1. The molecule has 3 unspecified atom stereocenters. The van der Waals surface area contributed by atoms with Crippen LogP contribution in [0, 0.1) is 11.8 Å². The van der Waals surface area contributed by atoms with Crippen molar-refractivity contribution in [2.45, 2.75) is 57.2 Å². The fourth-order valence-corrected chi connectivity index (χ4v) is 2.93. The Morgan fingerprint density at radius 3 is 2.41 bits per heavy atom. The van der Waals surface area contributed by atoms with Crippen molar-refractivity contribution in [3.63, 3.8) is 0 Å². The zero-order chi connectivity index (χ0) is 12.8. The summed E-state index contributed by atoms with van der Waals surface area (Å²) in [7, 11) is 0. The standard InChI is InChI=1S/C13H21ClO3/c1-9-10(12(14)13(9)17)7-5-3-2-4-6-8-11(15)16/h9-10,12H,2-8H2,1H3,(H,15,16). The number of Topliss-reactive ketones (excluding diaryl/α,β-unsaturated/α-hetero) is 1. The quantitative estimate of drug-likeness (QED) is 0.538. The topological polar surface area (TPSA) is 54.4 Å². The molecule has 1 saturated carbocycles. The maximum Gasteiger partial charge on any atom is 0.303 e. The molecule has 0 aromatic heterocycles. The molecule has 0 radical (unpaired) electrons. The van der Waals surface area contributed by atoms with Crippen LogP contribution in [-0.4, -0.2) is 22.2 Å². The molecule has 4 heteroatoms. The van der Waals surface area contributed by atoms with Crippen molar-refractivity contribution in [1.82, 2.24) is 0 Å². The average Bonchev–Trinajstić information content (AvgIpc) is 2.31. The molecule has 0 bridgehead atoms. The highest BCUT2D eigenvalue weighted by molar-refractivity contribution is 6.34. The minimum absolute atomic E-state index is 0.143. The van der Waals surface area contributed by atoms with E-state index in [9.17, 15) is 9.59 Å². The Balaban J connectivity index is 1.95. The maximum atomic E-state index is 11.2. The van der Waals surface area contributed by atoms with Gasteiger partial charge in [0.15, 0.2) is 5.78 Å². The van der Waals surface area contributed by atoms with E-state index in [1.54, 1.807) is 0 Å². The van der Waals surface area contributed by atoms with Crippen LogP contribution in [0.2, 0.25) is 0 Å². The second-order valence-electron chi connectivity index (χ2n) is 4.96. The van der Waals surface area contributed by atoms with Crippen LogP contribution < -0.4 is 0 Å². The third-order valence-electron chi connectivity index (χ3n) is 3.67. The normalized spacial score (nSPS) is 27.9. The molecule has 1 fully saturated rings. The first-order chi connectivity index (χ1) is 8.04. The van der Waals surface area contributed by atoms with Gasteiger partial charge in [0.05, 0.1) is 5.38 Å². The van der Waals surface area contributed by atoms with Crippen molar-refractivity contribution in [3.05, 3.63) is 0 Å². The molecule has 3 atom stereocenters. The molecule has 17 heavy (non-hydrogen) atoms. The minimum atomic E-state index is -0.711. The number of carboxylic acids is 1. The van der Waals surface area contributed by atoms with Crippen molar-refractivity contribution in [1.29, 1.82) is 0 Å². The molecule has 1 aliphatic carbocycles. The van der Waals surface area contributed by atoms with E-state index in [4.69, 9.17) is 16.7 Å². The van der Waals surface area contributed by atoms with Gasteiger partial charge in [0.25, 0.3) is 0 Å². The van der Waals surface area contributed by atoms with E-state index in [0.29, 0.717) is 5.92 Å². The third kappa shape index (κ3) is 4.30. The molecule has 0 aromatic rings. The highest BCUT2D eigenvalue weighted by Crippen LogP contribution is 2.38. The third-order valence-corrected chi connectivity index (χ3v) is 4.21. The molecule has 0 amide bonds. The number of alkyl halides is 1. The maximum absolute atomic E-state index is 11.2. The second kappa shape index (κ2) is 7.00. The molecular formula is C13H21ClO3. The lowest BCUT2D eigenvalue weighted by molar-refractivity contribution is -0.137. The van der Waals surface area contributed by atoms with Crippen LogP contribution in [-0.2, 0) is 9.59 Å². The summed E-state index contributed by atoms with van der Waals surface area (Å²) >= 11 is 5.94. The second-order valence-corrected chi connectivity index (χ2v) is 5.43. The molecule has 3 nitrogen and oxygen atoms in total. The number of carboxylic acid groups (broad SMARTS) is 1. The Hall–Kier alpha value is -0.570. The van der Waals surface area contributed by atoms with Gasteiger partial charge in [0.2, 0.25) is 0 Å². The van der Waals surface area contributed by atoms with Gasteiger partial charge in [-0.1, -0.05) is 32.6 Å². The molecule has 1 rings (SSSR count). The smallest absolute Gasteiger partial charge is 0.303 e. The van der Waals surface area contributed by atoms with Crippen molar-refractivity contribution in [2.24, 2.45) is 11.8 Å². The van der Waals surface area contributed by atoms with Gasteiger partial charge >= 0.3 is 5.97 Å². The molecule has 0 spiro atoms. The zero-order valence-electron chi connectivity index (χ0n) is 10.3. The fraction of sp³-hybridized carbons (Fsp3) is 0.846. The van der Waals surface area contributed by atoms with Gasteiger partial charge in [0, 0.05) is 12.3 Å². The Morgan fingerprint density at radius 2 is 1.82 bits per heavy atom. The number of halogens is 1. The summed E-state index contributed by atoms with van der Waals surface area (Å²) in [5, 5.41) is 8.21. The number of hydrogen-bond acceptors (Lipinski definition) is 2. The molecule has 0 aromatic carbocycles. The number of carbonyl (C=O) groups excluding carboxylic acids is 1. The number of carbonyl (C=O) groups is 2. The van der Waals surface area contributed by atoms with Gasteiger partial charge in [-0.15, -0.1) is 11.6 Å². The van der Waals surface area contributed by atoms with E-state index in [1.807, 2.05) is 6.92 Å². The number of aliphatic carboxylic acids is 1. The lowest BCUT2D eigenvalue weighted by Crippen LogP contribution is -2.47. The summed E-state index contributed by atoms with van der Waals surface area (Å²) in [5.41, 5.74) is 0. The van der Waals surface area contributed by atoms with Crippen LogP contribution in [0.15, 0.2) is 0 Å². The SMILES string of the molecule is CC1C(=O)C(Cl)C1CCCCCCCC(=O)O. The van der Waals surface area contributed by atoms with Crippen LogP contribution in [0.1, 0.15) is 51.9 Å². The van der Waals surface area contributed by atoms with Crippen LogP contribution in [0.3, 0.4) is 0 Å². The van der Waals surface area contributed by atoms with Gasteiger partial charge < -0.3 is 5.11 Å². The number of rotatable bonds is 8. The summed E-state index contributed by atoms with van der Waals surface area (Å²) in [5.74, 6) is -0.0115. The Bertz CT molecular complexity index is 266. The Labute approximate surface area is 108 Å². The monoisotopic (exact) mass is 260 g/mol.